The van der Waals surface area contributed by atoms with E-state index < -0.39 is 0 Å². The zero-order valence-corrected chi connectivity index (χ0v) is 16.1. The summed E-state index contributed by atoms with van der Waals surface area (Å²) in [4.78, 5) is 12.9. The number of aryl methyl sites for hydroxylation is 1. The van der Waals surface area contributed by atoms with Crippen LogP contribution >= 0.6 is 11.8 Å². The molecule has 1 aliphatic rings. The fourth-order valence-electron chi connectivity index (χ4n) is 3.38. The van der Waals surface area contributed by atoms with E-state index in [-0.39, 0.29) is 5.78 Å². The van der Waals surface area contributed by atoms with E-state index in [0.29, 0.717) is 30.2 Å². The topological polar surface area (TPSA) is 76.5 Å². The molecule has 2 heterocycles. The number of carbonyl (C=O) groups excluding carboxylic acids is 1. The molecule has 0 unspecified atom stereocenters. The van der Waals surface area contributed by atoms with Crippen LogP contribution in [-0.2, 0) is 13.1 Å². The van der Waals surface area contributed by atoms with Gasteiger partial charge < -0.3 is 9.13 Å². The molecule has 2 aromatic heterocycles. The number of ketones is 1. The average molecular weight is 379 g/mol. The zero-order chi connectivity index (χ0) is 18.8. The second kappa shape index (κ2) is 7.57. The first-order valence-corrected chi connectivity index (χ1v) is 10.3. The van der Waals surface area contributed by atoms with E-state index in [1.165, 1.54) is 24.6 Å². The van der Waals surface area contributed by atoms with Crippen LogP contribution in [0, 0.1) is 11.3 Å². The predicted molar refractivity (Wildman–Crippen MR) is 105 cm³/mol. The highest BCUT2D eigenvalue weighted by molar-refractivity contribution is 7.99. The van der Waals surface area contributed by atoms with Gasteiger partial charge in [-0.2, -0.15) is 5.26 Å². The zero-order valence-electron chi connectivity index (χ0n) is 15.3. The van der Waals surface area contributed by atoms with Crippen LogP contribution in [0.2, 0.25) is 0 Å². The number of Topliss-reactive ketones (excluding diaryl/α,β-unsaturated/α-hetero) is 1. The van der Waals surface area contributed by atoms with Gasteiger partial charge in [0.25, 0.3) is 0 Å². The van der Waals surface area contributed by atoms with Crippen molar-refractivity contribution < 1.29 is 4.79 Å². The minimum absolute atomic E-state index is 0.0746. The fraction of sp³-hybridized carbons (Fsp3) is 0.400. The maximum Gasteiger partial charge on any atom is 0.191 e. The van der Waals surface area contributed by atoms with Crippen molar-refractivity contribution in [2.75, 3.05) is 5.75 Å². The Morgan fingerprint density at radius 2 is 2.15 bits per heavy atom. The van der Waals surface area contributed by atoms with Gasteiger partial charge in [0, 0.05) is 41.7 Å². The van der Waals surface area contributed by atoms with Crippen LogP contribution in [0.4, 0.5) is 0 Å². The molecular weight excluding hydrogens is 358 g/mol. The molecule has 0 amide bonds. The Balaban J connectivity index is 1.54. The van der Waals surface area contributed by atoms with Gasteiger partial charge in [-0.1, -0.05) is 30.0 Å². The highest BCUT2D eigenvalue weighted by Crippen LogP contribution is 2.40. The third-order valence-electron chi connectivity index (χ3n) is 4.89. The van der Waals surface area contributed by atoms with Gasteiger partial charge in [0.2, 0.25) is 0 Å². The largest absolute Gasteiger partial charge is 0.346 e. The first-order chi connectivity index (χ1) is 13.2. The van der Waals surface area contributed by atoms with Crippen molar-refractivity contribution in [2.24, 2.45) is 0 Å². The summed E-state index contributed by atoms with van der Waals surface area (Å²) in [6, 6.07) is 10.0. The molecule has 3 aromatic rings. The summed E-state index contributed by atoms with van der Waals surface area (Å²) >= 11 is 1.45. The minimum Gasteiger partial charge on any atom is -0.346 e. The van der Waals surface area contributed by atoms with E-state index >= 15 is 0 Å². The summed E-state index contributed by atoms with van der Waals surface area (Å²) < 4.78 is 4.13. The fourth-order valence-corrected chi connectivity index (χ4v) is 4.27. The Morgan fingerprint density at radius 3 is 2.89 bits per heavy atom. The minimum atomic E-state index is 0.0746. The highest BCUT2D eigenvalue weighted by atomic mass is 32.2. The number of benzene rings is 1. The Bertz CT molecular complexity index is 1020. The summed E-state index contributed by atoms with van der Waals surface area (Å²) in [5, 5.41) is 19.3. The number of fused-ring (bicyclic) bond motifs is 1. The summed E-state index contributed by atoms with van der Waals surface area (Å²) in [7, 11) is 0. The maximum atomic E-state index is 12.9. The van der Waals surface area contributed by atoms with Gasteiger partial charge in [0.1, 0.15) is 5.82 Å². The second-order valence-corrected chi connectivity index (χ2v) is 7.68. The van der Waals surface area contributed by atoms with Gasteiger partial charge in [0.05, 0.1) is 18.2 Å². The molecule has 1 fully saturated rings. The number of thioether (sulfide) groups is 1. The number of hydrogen-bond acceptors (Lipinski definition) is 5. The van der Waals surface area contributed by atoms with Gasteiger partial charge in [-0.05, 0) is 25.8 Å². The maximum absolute atomic E-state index is 12.9. The summed E-state index contributed by atoms with van der Waals surface area (Å²) in [6.45, 7) is 3.50. The number of carbonyl (C=O) groups is 1. The molecule has 6 nitrogen and oxygen atoms in total. The van der Waals surface area contributed by atoms with Crippen molar-refractivity contribution in [1.29, 1.82) is 5.26 Å². The molecule has 138 valence electrons. The normalized spacial score (nSPS) is 13.8. The number of hydrogen-bond donors (Lipinski definition) is 0. The molecule has 1 aliphatic carbocycles. The van der Waals surface area contributed by atoms with Crippen molar-refractivity contribution in [3.63, 3.8) is 0 Å². The number of rotatable bonds is 8. The molecule has 0 saturated heterocycles. The number of nitrogens with zero attached hydrogens (tertiary/aromatic N) is 5. The van der Waals surface area contributed by atoms with Gasteiger partial charge in [-0.25, -0.2) is 0 Å². The van der Waals surface area contributed by atoms with Crippen molar-refractivity contribution in [3.8, 4) is 6.07 Å². The van der Waals surface area contributed by atoms with E-state index in [4.69, 9.17) is 5.26 Å². The van der Waals surface area contributed by atoms with Crippen molar-refractivity contribution in [2.45, 2.75) is 50.4 Å². The van der Waals surface area contributed by atoms with Crippen LogP contribution in [0.3, 0.4) is 0 Å². The molecule has 0 aliphatic heterocycles. The molecular formula is C20H21N5OS. The number of nitriles is 1. The van der Waals surface area contributed by atoms with Gasteiger partial charge in [-0.15, -0.1) is 10.2 Å². The molecule has 0 spiro atoms. The summed E-state index contributed by atoms with van der Waals surface area (Å²) in [5.74, 6) is 2.00. The Morgan fingerprint density at radius 1 is 1.33 bits per heavy atom. The lowest BCUT2D eigenvalue weighted by Gasteiger charge is -2.06. The third kappa shape index (κ3) is 3.50. The molecule has 0 atom stereocenters. The average Bonchev–Trinajstić information content (AvgIpc) is 3.35. The van der Waals surface area contributed by atoms with Gasteiger partial charge >= 0.3 is 0 Å². The highest BCUT2D eigenvalue weighted by Gasteiger charge is 2.30. The summed E-state index contributed by atoms with van der Waals surface area (Å²) in [6.07, 6.45) is 4.67. The molecule has 27 heavy (non-hydrogen) atoms. The third-order valence-corrected chi connectivity index (χ3v) is 5.86. The monoisotopic (exact) mass is 379 g/mol. The standard InChI is InChI=1S/C20H21N5OS/c1-2-25-19(14-8-9-14)22-23-20(25)27-13-18(26)16-12-24(11-5-10-21)17-7-4-3-6-15(16)17/h3-4,6-7,12,14H,2,5,8-9,11,13H2,1H3. The van der Waals surface area contributed by atoms with Crippen LogP contribution in [0.5, 0.6) is 0 Å². The second-order valence-electron chi connectivity index (χ2n) is 6.73. The van der Waals surface area contributed by atoms with E-state index in [1.807, 2.05) is 35.0 Å². The van der Waals surface area contributed by atoms with E-state index in [1.54, 1.807) is 0 Å². The quantitative estimate of drug-likeness (QED) is 0.436. The van der Waals surface area contributed by atoms with Crippen molar-refractivity contribution >= 4 is 28.4 Å². The van der Waals surface area contributed by atoms with Crippen LogP contribution < -0.4 is 0 Å². The molecule has 1 saturated carbocycles. The first kappa shape index (κ1) is 17.8. The lowest BCUT2D eigenvalue weighted by Crippen LogP contribution is -2.06. The molecule has 7 heteroatoms. The Hall–Kier alpha value is -2.59. The first-order valence-electron chi connectivity index (χ1n) is 9.26. The van der Waals surface area contributed by atoms with E-state index in [2.05, 4.69) is 27.8 Å². The van der Waals surface area contributed by atoms with Crippen LogP contribution in [0.15, 0.2) is 35.6 Å². The van der Waals surface area contributed by atoms with Crippen molar-refractivity contribution in [1.82, 2.24) is 19.3 Å². The number of aromatic nitrogens is 4. The molecule has 1 aromatic carbocycles. The molecule has 0 N–H and O–H groups in total. The summed E-state index contributed by atoms with van der Waals surface area (Å²) in [5.41, 5.74) is 1.70. The lowest BCUT2D eigenvalue weighted by atomic mass is 10.1. The lowest BCUT2D eigenvalue weighted by molar-refractivity contribution is 0.102. The molecule has 0 bridgehead atoms. The molecule has 4 rings (SSSR count). The van der Waals surface area contributed by atoms with E-state index in [0.717, 1.165) is 28.4 Å². The Kier molecular flexibility index (Phi) is 4.99. The molecule has 0 radical (unpaired) electrons. The van der Waals surface area contributed by atoms with Gasteiger partial charge in [-0.3, -0.25) is 4.79 Å². The number of para-hydroxylation sites is 1. The van der Waals surface area contributed by atoms with E-state index in [9.17, 15) is 4.79 Å². The SMILES string of the molecule is CCn1c(SCC(=O)c2cn(CCC#N)c3ccccc23)nnc1C1CC1. The van der Waals surface area contributed by atoms with Gasteiger partial charge in [0.15, 0.2) is 10.9 Å². The van der Waals surface area contributed by atoms with Crippen LogP contribution in [0.1, 0.15) is 48.3 Å². The smallest absolute Gasteiger partial charge is 0.191 e. The van der Waals surface area contributed by atoms with Crippen LogP contribution in [0.25, 0.3) is 10.9 Å². The predicted octanol–water partition coefficient (Wildman–Crippen LogP) is 4.02. The van der Waals surface area contributed by atoms with Crippen molar-refractivity contribution in [3.05, 3.63) is 41.9 Å². The van der Waals surface area contributed by atoms with Crippen LogP contribution in [-0.4, -0.2) is 30.9 Å². The Labute approximate surface area is 162 Å².